The number of nitrogens with zero attached hydrogens (tertiary/aromatic N) is 2. The number of hydrogen-bond donors (Lipinski definition) is 4. The van der Waals surface area contributed by atoms with Crippen LogP contribution in [0.5, 0.6) is 0 Å². The lowest BCUT2D eigenvalue weighted by atomic mass is 10.1. The van der Waals surface area contributed by atoms with E-state index in [2.05, 4.69) is 4.98 Å². The normalized spacial score (nSPS) is 27.3. The van der Waals surface area contributed by atoms with Crippen LogP contribution in [0.4, 0.5) is 5.82 Å². The molecule has 23 heavy (non-hydrogen) atoms. The minimum atomic E-state index is -1.36. The maximum Gasteiger partial charge on any atom is 0.351 e. The predicted molar refractivity (Wildman–Crippen MR) is 81.4 cm³/mol. The SMILES string of the molecule is Nc1nc(=O)n([C@@H]2O[C@H](CO)[C@H](O)C2O)cc1-c1ccccc1. The number of ether oxygens (including phenoxy) is 1. The van der Waals surface area contributed by atoms with Crippen molar-refractivity contribution in [2.75, 3.05) is 12.3 Å². The van der Waals surface area contributed by atoms with E-state index in [9.17, 15) is 15.0 Å². The van der Waals surface area contributed by atoms with Crippen molar-refractivity contribution in [1.82, 2.24) is 9.55 Å². The molecule has 1 fully saturated rings. The molecule has 1 aromatic carbocycles. The molecular weight excluding hydrogens is 302 g/mol. The van der Waals surface area contributed by atoms with Crippen LogP contribution in [0.25, 0.3) is 11.1 Å². The summed E-state index contributed by atoms with van der Waals surface area (Å²) in [7, 11) is 0. The molecule has 1 saturated heterocycles. The fourth-order valence-electron chi connectivity index (χ4n) is 2.61. The molecule has 2 heterocycles. The fraction of sp³-hybridized carbons (Fsp3) is 0.333. The van der Waals surface area contributed by atoms with Gasteiger partial charge in [0.15, 0.2) is 6.23 Å². The molecule has 0 radical (unpaired) electrons. The molecule has 0 spiro atoms. The number of anilines is 1. The van der Waals surface area contributed by atoms with E-state index in [0.717, 1.165) is 10.1 Å². The van der Waals surface area contributed by atoms with Gasteiger partial charge >= 0.3 is 5.69 Å². The molecule has 4 atom stereocenters. The summed E-state index contributed by atoms with van der Waals surface area (Å²) in [6, 6.07) is 9.08. The first-order valence-electron chi connectivity index (χ1n) is 7.09. The molecule has 1 aliphatic heterocycles. The van der Waals surface area contributed by atoms with Gasteiger partial charge in [-0.05, 0) is 5.56 Å². The van der Waals surface area contributed by atoms with Crippen molar-refractivity contribution in [2.45, 2.75) is 24.5 Å². The van der Waals surface area contributed by atoms with E-state index in [-0.39, 0.29) is 5.82 Å². The molecule has 1 unspecified atom stereocenters. The van der Waals surface area contributed by atoms with E-state index in [1.807, 2.05) is 18.2 Å². The van der Waals surface area contributed by atoms with E-state index in [1.54, 1.807) is 12.1 Å². The van der Waals surface area contributed by atoms with Gasteiger partial charge in [0, 0.05) is 11.8 Å². The van der Waals surface area contributed by atoms with Crippen molar-refractivity contribution in [3.63, 3.8) is 0 Å². The predicted octanol–water partition coefficient (Wildman–Crippen LogP) is -0.896. The molecule has 122 valence electrons. The van der Waals surface area contributed by atoms with Crippen molar-refractivity contribution in [3.8, 4) is 11.1 Å². The lowest BCUT2D eigenvalue weighted by Gasteiger charge is -2.18. The molecule has 8 heteroatoms. The molecule has 0 bridgehead atoms. The van der Waals surface area contributed by atoms with Crippen LogP contribution in [0.15, 0.2) is 41.3 Å². The van der Waals surface area contributed by atoms with Crippen LogP contribution in [-0.2, 0) is 4.74 Å². The van der Waals surface area contributed by atoms with Gasteiger partial charge in [-0.2, -0.15) is 4.98 Å². The fourth-order valence-corrected chi connectivity index (χ4v) is 2.61. The molecule has 8 nitrogen and oxygen atoms in total. The zero-order valence-corrected chi connectivity index (χ0v) is 12.1. The molecule has 2 aromatic rings. The first-order valence-corrected chi connectivity index (χ1v) is 7.09. The summed E-state index contributed by atoms with van der Waals surface area (Å²) in [4.78, 5) is 15.8. The molecule has 5 N–H and O–H groups in total. The van der Waals surface area contributed by atoms with Gasteiger partial charge in [0.25, 0.3) is 0 Å². The summed E-state index contributed by atoms with van der Waals surface area (Å²) >= 11 is 0. The largest absolute Gasteiger partial charge is 0.394 e. The second kappa shape index (κ2) is 6.09. The molecule has 1 aliphatic rings. The van der Waals surface area contributed by atoms with Gasteiger partial charge in [0.05, 0.1) is 6.61 Å². The lowest BCUT2D eigenvalue weighted by Crippen LogP contribution is -2.36. The van der Waals surface area contributed by atoms with Crippen LogP contribution in [0.1, 0.15) is 6.23 Å². The maximum absolute atomic E-state index is 12.1. The Bertz CT molecular complexity index is 749. The topological polar surface area (TPSA) is 131 Å². The van der Waals surface area contributed by atoms with Gasteiger partial charge in [0.2, 0.25) is 0 Å². The average Bonchev–Trinajstić information content (AvgIpc) is 2.84. The smallest absolute Gasteiger partial charge is 0.351 e. The average molecular weight is 319 g/mol. The van der Waals surface area contributed by atoms with Crippen LogP contribution >= 0.6 is 0 Å². The third-order valence-electron chi connectivity index (χ3n) is 3.86. The zero-order chi connectivity index (χ0) is 16.6. The number of aliphatic hydroxyl groups excluding tert-OH is 3. The minimum Gasteiger partial charge on any atom is -0.394 e. The molecule has 1 aromatic heterocycles. The summed E-state index contributed by atoms with van der Waals surface area (Å²) in [6.07, 6.45) is -3.35. The zero-order valence-electron chi connectivity index (χ0n) is 12.1. The van der Waals surface area contributed by atoms with Crippen LogP contribution < -0.4 is 11.4 Å². The van der Waals surface area contributed by atoms with Gasteiger partial charge in [-0.25, -0.2) is 4.79 Å². The van der Waals surface area contributed by atoms with Gasteiger partial charge < -0.3 is 25.8 Å². The minimum absolute atomic E-state index is 0.0594. The van der Waals surface area contributed by atoms with Crippen molar-refractivity contribution in [1.29, 1.82) is 0 Å². The number of aliphatic hydroxyl groups is 3. The molecule has 0 aliphatic carbocycles. The Kier molecular flexibility index (Phi) is 4.14. The Morgan fingerprint density at radius 3 is 2.52 bits per heavy atom. The third kappa shape index (κ3) is 2.73. The number of aromatic nitrogens is 2. The summed E-state index contributed by atoms with van der Waals surface area (Å²) < 4.78 is 6.44. The summed E-state index contributed by atoms with van der Waals surface area (Å²) in [6.45, 7) is -0.475. The summed E-state index contributed by atoms with van der Waals surface area (Å²) in [5.41, 5.74) is 6.36. The van der Waals surface area contributed by atoms with Crippen molar-refractivity contribution in [2.24, 2.45) is 0 Å². The van der Waals surface area contributed by atoms with E-state index in [0.29, 0.717) is 5.56 Å². The second-order valence-corrected chi connectivity index (χ2v) is 5.32. The van der Waals surface area contributed by atoms with E-state index >= 15 is 0 Å². The standard InChI is InChI=1S/C15H17N3O5/c16-13-9(8-4-2-1-3-5-8)6-18(15(22)17-13)14-12(21)11(20)10(7-19)23-14/h1-6,10-12,14,19-21H,7H2,(H2,16,17,22)/t10-,11+,12?,14-/m1/s1. The number of benzene rings is 1. The summed E-state index contributed by atoms with van der Waals surface area (Å²) in [5, 5.41) is 29.0. The molecule has 0 saturated carbocycles. The van der Waals surface area contributed by atoms with Crippen LogP contribution in [0.3, 0.4) is 0 Å². The Labute approximate surface area is 131 Å². The first kappa shape index (κ1) is 15.6. The second-order valence-electron chi connectivity index (χ2n) is 5.32. The van der Waals surface area contributed by atoms with Gasteiger partial charge in [-0.15, -0.1) is 0 Å². The number of rotatable bonds is 3. The van der Waals surface area contributed by atoms with Crippen molar-refractivity contribution >= 4 is 5.82 Å². The van der Waals surface area contributed by atoms with E-state index < -0.39 is 36.8 Å². The Morgan fingerprint density at radius 1 is 1.22 bits per heavy atom. The first-order chi connectivity index (χ1) is 11.0. The Morgan fingerprint density at radius 2 is 1.91 bits per heavy atom. The number of nitrogen functional groups attached to an aromatic ring is 1. The van der Waals surface area contributed by atoms with E-state index in [1.165, 1.54) is 6.20 Å². The lowest BCUT2D eigenvalue weighted by molar-refractivity contribution is -0.0548. The van der Waals surface area contributed by atoms with Gasteiger partial charge in [0.1, 0.15) is 24.1 Å². The van der Waals surface area contributed by atoms with Gasteiger partial charge in [-0.1, -0.05) is 30.3 Å². The molecule has 3 rings (SSSR count). The molecule has 0 amide bonds. The highest BCUT2D eigenvalue weighted by molar-refractivity contribution is 5.72. The van der Waals surface area contributed by atoms with Crippen LogP contribution in [-0.4, -0.2) is 49.8 Å². The third-order valence-corrected chi connectivity index (χ3v) is 3.86. The highest BCUT2D eigenvalue weighted by Gasteiger charge is 2.43. The highest BCUT2D eigenvalue weighted by atomic mass is 16.6. The Balaban J connectivity index is 2.06. The van der Waals surface area contributed by atoms with Crippen LogP contribution in [0.2, 0.25) is 0 Å². The Hall–Kier alpha value is -2.26. The van der Waals surface area contributed by atoms with Crippen molar-refractivity contribution in [3.05, 3.63) is 47.0 Å². The number of nitrogens with two attached hydrogens (primary N) is 1. The van der Waals surface area contributed by atoms with Crippen LogP contribution in [0, 0.1) is 0 Å². The highest BCUT2D eigenvalue weighted by Crippen LogP contribution is 2.30. The maximum atomic E-state index is 12.1. The quantitative estimate of drug-likeness (QED) is 0.577. The monoisotopic (exact) mass is 319 g/mol. The molecular formula is C15H17N3O5. The summed E-state index contributed by atoms with van der Waals surface area (Å²) in [5.74, 6) is 0.0594. The van der Waals surface area contributed by atoms with Gasteiger partial charge in [-0.3, -0.25) is 4.57 Å². The van der Waals surface area contributed by atoms with Crippen molar-refractivity contribution < 1.29 is 20.1 Å². The van der Waals surface area contributed by atoms with E-state index in [4.69, 9.17) is 15.6 Å². The number of hydrogen-bond acceptors (Lipinski definition) is 7.